The van der Waals surface area contributed by atoms with Gasteiger partial charge < -0.3 is 24.8 Å². The molecule has 2 amide bonds. The quantitative estimate of drug-likeness (QED) is 0.865. The molecule has 21 heavy (non-hydrogen) atoms. The highest BCUT2D eigenvalue weighted by molar-refractivity contribution is 5.75. The number of carbonyl (C=O) groups is 1. The Morgan fingerprint density at radius 1 is 1.43 bits per heavy atom. The number of nitrogens with one attached hydrogen (secondary N) is 1. The molecule has 1 fully saturated rings. The third-order valence-electron chi connectivity index (χ3n) is 3.83. The molecule has 6 nitrogen and oxygen atoms in total. The molecule has 2 aliphatic rings. The number of hydrogen-bond donors (Lipinski definition) is 2. The Morgan fingerprint density at radius 2 is 2.19 bits per heavy atom. The molecule has 1 aromatic rings. The monoisotopic (exact) mass is 292 g/mol. The second-order valence-corrected chi connectivity index (χ2v) is 5.43. The van der Waals surface area contributed by atoms with Gasteiger partial charge in [-0.3, -0.25) is 0 Å². The fourth-order valence-electron chi connectivity index (χ4n) is 2.48. The predicted molar refractivity (Wildman–Crippen MR) is 76.3 cm³/mol. The van der Waals surface area contributed by atoms with Crippen molar-refractivity contribution in [1.29, 1.82) is 0 Å². The van der Waals surface area contributed by atoms with Gasteiger partial charge in [-0.25, -0.2) is 4.79 Å². The van der Waals surface area contributed by atoms with E-state index in [9.17, 15) is 4.79 Å². The van der Waals surface area contributed by atoms with Gasteiger partial charge in [0.1, 0.15) is 0 Å². The molecule has 0 saturated heterocycles. The van der Waals surface area contributed by atoms with Gasteiger partial charge in [0.15, 0.2) is 11.5 Å². The van der Waals surface area contributed by atoms with Crippen molar-refractivity contribution in [3.8, 4) is 11.5 Å². The molecular formula is C15H20N2O4. The predicted octanol–water partition coefficient (Wildman–Crippen LogP) is 1.64. The molecule has 0 bridgehead atoms. The topological polar surface area (TPSA) is 71.0 Å². The number of rotatable bonds is 5. The number of fused-ring (bicyclic) bond motifs is 1. The fraction of sp³-hybridized carbons (Fsp3) is 0.533. The van der Waals surface area contributed by atoms with Crippen LogP contribution in [0.4, 0.5) is 4.79 Å². The molecule has 0 spiro atoms. The van der Waals surface area contributed by atoms with Crippen LogP contribution < -0.4 is 14.8 Å². The molecule has 1 aliphatic carbocycles. The summed E-state index contributed by atoms with van der Waals surface area (Å²) in [7, 11) is 0. The standard InChI is InChI=1S/C15H20N2O4/c1-10(11-2-5-13-14(8-11)21-9-20-13)16-15(19)17(6-7-18)12-3-4-12/h2,5,8,10,12,18H,3-4,6-7,9H2,1H3,(H,16,19). The van der Waals surface area contributed by atoms with Gasteiger partial charge in [-0.15, -0.1) is 0 Å². The number of carbonyl (C=O) groups excluding carboxylic acids is 1. The molecule has 3 rings (SSSR count). The van der Waals surface area contributed by atoms with E-state index in [0.29, 0.717) is 12.3 Å². The van der Waals surface area contributed by atoms with Crippen LogP contribution in [0.5, 0.6) is 11.5 Å². The summed E-state index contributed by atoms with van der Waals surface area (Å²) in [5.74, 6) is 1.44. The van der Waals surface area contributed by atoms with Gasteiger partial charge in [0.25, 0.3) is 0 Å². The van der Waals surface area contributed by atoms with E-state index in [1.165, 1.54) is 0 Å². The van der Waals surface area contributed by atoms with Gasteiger partial charge in [-0.1, -0.05) is 6.07 Å². The van der Waals surface area contributed by atoms with E-state index in [1.807, 2.05) is 25.1 Å². The average molecular weight is 292 g/mol. The maximum absolute atomic E-state index is 12.3. The van der Waals surface area contributed by atoms with E-state index in [1.54, 1.807) is 4.90 Å². The Hall–Kier alpha value is -1.95. The maximum Gasteiger partial charge on any atom is 0.318 e. The van der Waals surface area contributed by atoms with Crippen LogP contribution in [0.25, 0.3) is 0 Å². The largest absolute Gasteiger partial charge is 0.454 e. The van der Waals surface area contributed by atoms with E-state index in [-0.39, 0.29) is 31.5 Å². The lowest BCUT2D eigenvalue weighted by Crippen LogP contribution is -2.43. The first-order valence-electron chi connectivity index (χ1n) is 7.26. The van der Waals surface area contributed by atoms with Crippen LogP contribution >= 0.6 is 0 Å². The summed E-state index contributed by atoms with van der Waals surface area (Å²) >= 11 is 0. The molecule has 6 heteroatoms. The summed E-state index contributed by atoms with van der Waals surface area (Å²) in [6, 6.07) is 5.68. The minimum Gasteiger partial charge on any atom is -0.454 e. The van der Waals surface area contributed by atoms with Gasteiger partial charge >= 0.3 is 6.03 Å². The van der Waals surface area contributed by atoms with Crippen LogP contribution in [-0.2, 0) is 0 Å². The molecular weight excluding hydrogens is 272 g/mol. The highest BCUT2D eigenvalue weighted by Gasteiger charge is 2.32. The van der Waals surface area contributed by atoms with E-state index in [2.05, 4.69) is 5.32 Å². The SMILES string of the molecule is CC(NC(=O)N(CCO)C1CC1)c1ccc2c(c1)OCO2. The number of aliphatic hydroxyl groups excluding tert-OH is 1. The molecule has 1 unspecified atom stereocenters. The van der Waals surface area contributed by atoms with Gasteiger partial charge in [-0.05, 0) is 37.5 Å². The Labute approximate surface area is 123 Å². The Balaban J connectivity index is 1.65. The van der Waals surface area contributed by atoms with Crippen LogP contribution in [-0.4, -0.2) is 42.0 Å². The van der Waals surface area contributed by atoms with Crippen LogP contribution in [0.3, 0.4) is 0 Å². The van der Waals surface area contributed by atoms with E-state index in [4.69, 9.17) is 14.6 Å². The first-order chi connectivity index (χ1) is 10.2. The summed E-state index contributed by atoms with van der Waals surface area (Å²) in [6.07, 6.45) is 2.04. The molecule has 0 radical (unpaired) electrons. The highest BCUT2D eigenvalue weighted by atomic mass is 16.7. The van der Waals surface area contributed by atoms with Gasteiger partial charge in [0.05, 0.1) is 12.6 Å². The van der Waals surface area contributed by atoms with Gasteiger partial charge in [0.2, 0.25) is 6.79 Å². The molecule has 1 heterocycles. The Kier molecular flexibility index (Phi) is 3.88. The molecule has 1 atom stereocenters. The summed E-state index contributed by atoms with van der Waals surface area (Å²) in [5, 5.41) is 12.0. The van der Waals surface area contributed by atoms with Crippen molar-refractivity contribution >= 4 is 6.03 Å². The lowest BCUT2D eigenvalue weighted by molar-refractivity contribution is 0.171. The minimum atomic E-state index is -0.132. The number of aliphatic hydroxyl groups is 1. The molecule has 1 saturated carbocycles. The van der Waals surface area contributed by atoms with Crippen LogP contribution in [0, 0.1) is 0 Å². The molecule has 1 aromatic carbocycles. The number of urea groups is 1. The number of hydrogen-bond acceptors (Lipinski definition) is 4. The van der Waals surface area contributed by atoms with Crippen molar-refractivity contribution in [3.05, 3.63) is 23.8 Å². The molecule has 0 aromatic heterocycles. The summed E-state index contributed by atoms with van der Waals surface area (Å²) in [5.41, 5.74) is 0.965. The first-order valence-corrected chi connectivity index (χ1v) is 7.26. The van der Waals surface area contributed by atoms with Crippen LogP contribution in [0.15, 0.2) is 18.2 Å². The zero-order valence-corrected chi connectivity index (χ0v) is 12.0. The number of amides is 2. The minimum absolute atomic E-state index is 0.0116. The number of ether oxygens (including phenoxy) is 2. The second-order valence-electron chi connectivity index (χ2n) is 5.43. The van der Waals surface area contributed by atoms with Crippen LogP contribution in [0.2, 0.25) is 0 Å². The van der Waals surface area contributed by atoms with Crippen molar-refractivity contribution < 1.29 is 19.4 Å². The lowest BCUT2D eigenvalue weighted by Gasteiger charge is -2.24. The highest BCUT2D eigenvalue weighted by Crippen LogP contribution is 2.34. The number of benzene rings is 1. The lowest BCUT2D eigenvalue weighted by atomic mass is 10.1. The van der Waals surface area contributed by atoms with E-state index < -0.39 is 0 Å². The fourth-order valence-corrected chi connectivity index (χ4v) is 2.48. The van der Waals surface area contributed by atoms with Crippen molar-refractivity contribution in [2.24, 2.45) is 0 Å². The summed E-state index contributed by atoms with van der Waals surface area (Å²) in [6.45, 7) is 2.54. The van der Waals surface area contributed by atoms with Crippen molar-refractivity contribution in [3.63, 3.8) is 0 Å². The summed E-state index contributed by atoms with van der Waals surface area (Å²) in [4.78, 5) is 14.0. The Bertz CT molecular complexity index is 530. The smallest absolute Gasteiger partial charge is 0.318 e. The normalized spacial score (nSPS) is 17.4. The Morgan fingerprint density at radius 3 is 2.90 bits per heavy atom. The first kappa shape index (κ1) is 14.0. The molecule has 114 valence electrons. The van der Waals surface area contributed by atoms with E-state index >= 15 is 0 Å². The zero-order valence-electron chi connectivity index (χ0n) is 12.0. The van der Waals surface area contributed by atoms with Crippen molar-refractivity contribution in [1.82, 2.24) is 10.2 Å². The number of nitrogens with zero attached hydrogens (tertiary/aromatic N) is 1. The third-order valence-corrected chi connectivity index (χ3v) is 3.83. The van der Waals surface area contributed by atoms with Crippen molar-refractivity contribution in [2.75, 3.05) is 19.9 Å². The second kappa shape index (κ2) is 5.81. The molecule has 1 aliphatic heterocycles. The zero-order chi connectivity index (χ0) is 14.8. The maximum atomic E-state index is 12.3. The molecule has 2 N–H and O–H groups in total. The van der Waals surface area contributed by atoms with Gasteiger partial charge in [-0.2, -0.15) is 0 Å². The summed E-state index contributed by atoms with van der Waals surface area (Å²) < 4.78 is 10.6. The van der Waals surface area contributed by atoms with Crippen LogP contribution in [0.1, 0.15) is 31.4 Å². The van der Waals surface area contributed by atoms with Crippen molar-refractivity contribution in [2.45, 2.75) is 31.8 Å². The average Bonchev–Trinajstić information content (AvgIpc) is 3.20. The van der Waals surface area contributed by atoms with E-state index in [0.717, 1.165) is 24.2 Å². The van der Waals surface area contributed by atoms with Gasteiger partial charge in [0, 0.05) is 12.6 Å². The third kappa shape index (κ3) is 3.05.